The van der Waals surface area contributed by atoms with Crippen LogP contribution < -0.4 is 5.32 Å². The molecule has 0 saturated carbocycles. The first-order valence-corrected chi connectivity index (χ1v) is 8.78. The van der Waals surface area contributed by atoms with Gasteiger partial charge in [-0.3, -0.25) is 0 Å². The van der Waals surface area contributed by atoms with Gasteiger partial charge in [0.05, 0.1) is 17.3 Å². The summed E-state index contributed by atoms with van der Waals surface area (Å²) in [5, 5.41) is 4.98. The number of rotatable bonds is 0. The lowest BCUT2D eigenvalue weighted by atomic mass is 10.1. The van der Waals surface area contributed by atoms with Crippen LogP contribution in [0.5, 0.6) is 0 Å². The highest BCUT2D eigenvalue weighted by molar-refractivity contribution is 7.16. The van der Waals surface area contributed by atoms with E-state index in [9.17, 15) is 0 Å². The van der Waals surface area contributed by atoms with Crippen LogP contribution in [0.1, 0.15) is 16.9 Å². The van der Waals surface area contributed by atoms with Crippen molar-refractivity contribution in [2.24, 2.45) is 4.99 Å². The van der Waals surface area contributed by atoms with Gasteiger partial charge in [-0.2, -0.15) is 0 Å². The van der Waals surface area contributed by atoms with E-state index in [1.54, 1.807) is 0 Å². The van der Waals surface area contributed by atoms with E-state index in [4.69, 9.17) is 4.99 Å². The van der Waals surface area contributed by atoms with Crippen molar-refractivity contribution in [3.63, 3.8) is 0 Å². The van der Waals surface area contributed by atoms with E-state index in [-0.39, 0.29) is 0 Å². The number of aliphatic imine (C=N–C) groups is 1. The molecule has 3 heterocycles. The molecule has 116 valence electrons. The summed E-state index contributed by atoms with van der Waals surface area (Å²) in [4.78, 5) is 11.3. The molecule has 0 radical (unpaired) electrons. The molecular formula is C17H22N4S. The van der Waals surface area contributed by atoms with Gasteiger partial charge in [0.25, 0.3) is 0 Å². The normalized spacial score (nSPS) is 24.8. The lowest BCUT2D eigenvalue weighted by Gasteiger charge is -2.34. The van der Waals surface area contributed by atoms with Gasteiger partial charge >= 0.3 is 0 Å². The number of hydrogen-bond acceptors (Lipinski definition) is 5. The molecular weight excluding hydrogens is 292 g/mol. The lowest BCUT2D eigenvalue weighted by molar-refractivity contribution is 0.215. The third-order valence-corrected chi connectivity index (χ3v) is 5.55. The predicted octanol–water partition coefficient (Wildman–Crippen LogP) is 2.69. The second kappa shape index (κ2) is 5.56. The highest BCUT2D eigenvalue weighted by Crippen LogP contribution is 2.35. The van der Waals surface area contributed by atoms with Crippen molar-refractivity contribution in [3.8, 4) is 0 Å². The summed E-state index contributed by atoms with van der Waals surface area (Å²) in [7, 11) is 2.19. The second-order valence-corrected chi connectivity index (χ2v) is 7.53. The molecule has 0 spiro atoms. The SMILES string of the molecule is Cc1cc2c(s1)NC1CC=CC=C1N=C2N1CCN(C)CC1. The van der Waals surface area contributed by atoms with Crippen molar-refractivity contribution in [3.05, 3.63) is 40.4 Å². The quantitative estimate of drug-likeness (QED) is 0.799. The van der Waals surface area contributed by atoms with E-state index >= 15 is 0 Å². The number of fused-ring (bicyclic) bond motifs is 2. The molecule has 1 fully saturated rings. The maximum absolute atomic E-state index is 5.08. The summed E-state index contributed by atoms with van der Waals surface area (Å²) in [5.74, 6) is 1.16. The van der Waals surface area contributed by atoms with Crippen LogP contribution in [0.2, 0.25) is 0 Å². The molecule has 2 aliphatic heterocycles. The van der Waals surface area contributed by atoms with Gasteiger partial charge in [-0.15, -0.1) is 11.3 Å². The van der Waals surface area contributed by atoms with Gasteiger partial charge < -0.3 is 15.1 Å². The zero-order valence-electron chi connectivity index (χ0n) is 13.2. The number of anilines is 1. The minimum Gasteiger partial charge on any atom is -0.368 e. The summed E-state index contributed by atoms with van der Waals surface area (Å²) < 4.78 is 0. The van der Waals surface area contributed by atoms with Gasteiger partial charge in [0.2, 0.25) is 0 Å². The van der Waals surface area contributed by atoms with Crippen LogP contribution in [0.15, 0.2) is 35.0 Å². The molecule has 1 unspecified atom stereocenters. The zero-order chi connectivity index (χ0) is 15.1. The smallest absolute Gasteiger partial charge is 0.139 e. The Morgan fingerprint density at radius 1 is 1.27 bits per heavy atom. The average molecular weight is 314 g/mol. The van der Waals surface area contributed by atoms with Crippen LogP contribution in [0.4, 0.5) is 5.00 Å². The standard InChI is InChI=1S/C17H22N4S/c1-12-11-13-16(21-9-7-20(2)8-10-21)18-14-5-3-4-6-15(14)19-17(13)22-12/h3-5,11,15,19H,6-10H2,1-2H3. The van der Waals surface area contributed by atoms with Gasteiger partial charge in [0, 0.05) is 31.1 Å². The van der Waals surface area contributed by atoms with E-state index in [1.807, 2.05) is 11.3 Å². The Bertz CT molecular complexity index is 662. The second-order valence-electron chi connectivity index (χ2n) is 6.28. The maximum Gasteiger partial charge on any atom is 0.139 e. The topological polar surface area (TPSA) is 30.9 Å². The maximum atomic E-state index is 5.08. The number of likely N-dealkylation sites (N-methyl/N-ethyl adjacent to an activating group) is 1. The molecule has 1 aromatic heterocycles. The molecule has 1 aliphatic carbocycles. The molecule has 4 rings (SSSR count). The lowest BCUT2D eigenvalue weighted by Crippen LogP contribution is -2.47. The first kappa shape index (κ1) is 14.0. The molecule has 1 saturated heterocycles. The summed E-state index contributed by atoms with van der Waals surface area (Å²) >= 11 is 1.85. The summed E-state index contributed by atoms with van der Waals surface area (Å²) in [5.41, 5.74) is 2.44. The molecule has 22 heavy (non-hydrogen) atoms. The Balaban J connectivity index is 1.76. The Labute approximate surface area is 135 Å². The Morgan fingerprint density at radius 3 is 2.91 bits per heavy atom. The molecule has 5 heteroatoms. The fraction of sp³-hybridized carbons (Fsp3) is 0.471. The number of amidine groups is 1. The zero-order valence-corrected chi connectivity index (χ0v) is 14.0. The summed E-state index contributed by atoms with van der Waals surface area (Å²) in [6.45, 7) is 6.50. The minimum absolute atomic E-state index is 0.312. The Hall–Kier alpha value is -1.59. The van der Waals surface area contributed by atoms with Crippen LogP contribution in [0, 0.1) is 6.92 Å². The number of allylic oxidation sites excluding steroid dienone is 2. The molecule has 3 aliphatic rings. The first-order chi connectivity index (χ1) is 10.7. The third-order valence-electron chi connectivity index (χ3n) is 4.57. The van der Waals surface area contributed by atoms with E-state index in [2.05, 4.69) is 53.4 Å². The fourth-order valence-corrected chi connectivity index (χ4v) is 4.21. The van der Waals surface area contributed by atoms with Crippen LogP contribution in [0.25, 0.3) is 0 Å². The average Bonchev–Trinajstić information content (AvgIpc) is 2.80. The number of thiophene rings is 1. The third kappa shape index (κ3) is 2.48. The highest BCUT2D eigenvalue weighted by Gasteiger charge is 2.28. The Morgan fingerprint density at radius 2 is 2.09 bits per heavy atom. The molecule has 0 aromatic carbocycles. The summed E-state index contributed by atoms with van der Waals surface area (Å²) in [6, 6.07) is 2.60. The number of nitrogens with one attached hydrogen (secondary N) is 1. The molecule has 1 N–H and O–H groups in total. The molecule has 1 aromatic rings. The number of aryl methyl sites for hydroxylation is 1. The Kier molecular flexibility index (Phi) is 3.54. The van der Waals surface area contributed by atoms with Crippen molar-refractivity contribution in [2.45, 2.75) is 19.4 Å². The van der Waals surface area contributed by atoms with Crippen molar-refractivity contribution >= 4 is 22.2 Å². The molecule has 0 bridgehead atoms. The van der Waals surface area contributed by atoms with Crippen LogP contribution in [0.3, 0.4) is 0 Å². The van der Waals surface area contributed by atoms with Crippen LogP contribution in [-0.4, -0.2) is 54.9 Å². The van der Waals surface area contributed by atoms with Gasteiger partial charge in [-0.25, -0.2) is 4.99 Å². The number of piperazine rings is 1. The molecule has 4 nitrogen and oxygen atoms in total. The highest BCUT2D eigenvalue weighted by atomic mass is 32.1. The predicted molar refractivity (Wildman–Crippen MR) is 93.9 cm³/mol. The van der Waals surface area contributed by atoms with Gasteiger partial charge in [-0.1, -0.05) is 12.2 Å². The van der Waals surface area contributed by atoms with Crippen molar-refractivity contribution in [2.75, 3.05) is 38.5 Å². The van der Waals surface area contributed by atoms with E-state index in [0.717, 1.165) is 44.1 Å². The van der Waals surface area contributed by atoms with Crippen LogP contribution in [-0.2, 0) is 0 Å². The largest absolute Gasteiger partial charge is 0.368 e. The molecule has 1 atom stereocenters. The monoisotopic (exact) mass is 314 g/mol. The van der Waals surface area contributed by atoms with Gasteiger partial charge in [-0.05, 0) is 32.5 Å². The first-order valence-electron chi connectivity index (χ1n) is 7.97. The number of nitrogens with zero attached hydrogens (tertiary/aromatic N) is 3. The van der Waals surface area contributed by atoms with Crippen molar-refractivity contribution < 1.29 is 0 Å². The fourth-order valence-electron chi connectivity index (χ4n) is 3.25. The summed E-state index contributed by atoms with van der Waals surface area (Å²) in [6.07, 6.45) is 7.52. The van der Waals surface area contributed by atoms with Gasteiger partial charge in [0.1, 0.15) is 10.8 Å². The van der Waals surface area contributed by atoms with Gasteiger partial charge in [0.15, 0.2) is 0 Å². The molecule has 0 amide bonds. The van der Waals surface area contributed by atoms with Crippen molar-refractivity contribution in [1.29, 1.82) is 0 Å². The van der Waals surface area contributed by atoms with E-state index in [1.165, 1.54) is 15.4 Å². The van der Waals surface area contributed by atoms with E-state index in [0.29, 0.717) is 6.04 Å². The number of hydrogen-bond donors (Lipinski definition) is 1. The van der Waals surface area contributed by atoms with Crippen LogP contribution >= 0.6 is 11.3 Å². The van der Waals surface area contributed by atoms with Crippen molar-refractivity contribution in [1.82, 2.24) is 9.80 Å². The van der Waals surface area contributed by atoms with E-state index < -0.39 is 0 Å². The minimum atomic E-state index is 0.312.